The lowest BCUT2D eigenvalue weighted by molar-refractivity contribution is -0.150. The van der Waals surface area contributed by atoms with Gasteiger partial charge in [0.05, 0.1) is 7.11 Å². The van der Waals surface area contributed by atoms with E-state index in [-0.39, 0.29) is 0 Å². The van der Waals surface area contributed by atoms with Gasteiger partial charge in [0.2, 0.25) is 9.90 Å². The van der Waals surface area contributed by atoms with E-state index < -0.39 is 28.1 Å². The van der Waals surface area contributed by atoms with Crippen molar-refractivity contribution >= 4 is 46.9 Å². The average molecular weight is 263 g/mol. The van der Waals surface area contributed by atoms with Crippen molar-refractivity contribution in [3.63, 3.8) is 0 Å². The van der Waals surface area contributed by atoms with Crippen molar-refractivity contribution in [3.05, 3.63) is 0 Å². The first-order valence-electron chi connectivity index (χ1n) is 3.38. The van der Waals surface area contributed by atoms with Crippen LogP contribution in [0.4, 0.5) is 4.79 Å². The molecule has 0 spiro atoms. The van der Waals surface area contributed by atoms with Crippen LogP contribution in [0.15, 0.2) is 0 Å². The van der Waals surface area contributed by atoms with Gasteiger partial charge in [0.1, 0.15) is 0 Å². The maximum Gasteiger partial charge on any atom is 0.509 e. The van der Waals surface area contributed by atoms with E-state index in [2.05, 4.69) is 14.2 Å². The lowest BCUT2D eigenvalue weighted by atomic mass is 10.2. The van der Waals surface area contributed by atoms with Gasteiger partial charge < -0.3 is 14.2 Å². The summed E-state index contributed by atoms with van der Waals surface area (Å²) in [5, 5.41) is 0. The fourth-order valence-electron chi connectivity index (χ4n) is 0.885. The molecule has 80 valence electrons. The molecule has 5 nitrogen and oxygen atoms in total. The molecule has 1 fully saturated rings. The molecule has 1 aliphatic rings. The smallest absolute Gasteiger partial charge is 0.466 e. The Hall–Kier alpha value is -0.390. The molecule has 0 radical (unpaired) electrons. The molecule has 0 aromatic heterocycles. The maximum absolute atomic E-state index is 11.1. The summed E-state index contributed by atoms with van der Waals surface area (Å²) in [6, 6.07) is 0. The Morgan fingerprint density at radius 2 is 2.00 bits per heavy atom. The van der Waals surface area contributed by atoms with E-state index in [1.54, 1.807) is 0 Å². The molecule has 0 aromatic rings. The van der Waals surface area contributed by atoms with Crippen LogP contribution in [0, 0.1) is 0 Å². The third-order valence-corrected chi connectivity index (χ3v) is 2.12. The third kappa shape index (κ3) is 2.34. The number of halogens is 3. The van der Waals surface area contributed by atoms with Crippen LogP contribution in [-0.4, -0.2) is 35.2 Å². The van der Waals surface area contributed by atoms with Gasteiger partial charge in [0, 0.05) is 0 Å². The molecule has 0 bridgehead atoms. The van der Waals surface area contributed by atoms with E-state index in [1.165, 1.54) is 0 Å². The molecule has 1 rings (SSSR count). The van der Waals surface area contributed by atoms with Crippen LogP contribution in [-0.2, 0) is 19.0 Å². The first-order valence-corrected chi connectivity index (χ1v) is 4.51. The van der Waals surface area contributed by atoms with Gasteiger partial charge in [-0.3, -0.25) is 0 Å². The fraction of sp³-hybridized carbons (Fsp3) is 0.667. The lowest BCUT2D eigenvalue weighted by Gasteiger charge is -2.19. The second kappa shape index (κ2) is 4.00. The first kappa shape index (κ1) is 11.7. The summed E-state index contributed by atoms with van der Waals surface area (Å²) in [5.74, 6) is -0.841. The Balaban J connectivity index is 2.83. The monoisotopic (exact) mass is 262 g/mol. The van der Waals surface area contributed by atoms with E-state index in [4.69, 9.17) is 34.8 Å². The van der Waals surface area contributed by atoms with Crippen molar-refractivity contribution in [2.75, 3.05) is 7.11 Å². The second-order valence-electron chi connectivity index (χ2n) is 2.39. The summed E-state index contributed by atoms with van der Waals surface area (Å²) < 4.78 is 11.4. The van der Waals surface area contributed by atoms with Crippen LogP contribution in [0.3, 0.4) is 0 Å². The third-order valence-electron chi connectivity index (χ3n) is 1.48. The van der Waals surface area contributed by atoms with Crippen LogP contribution in [0.2, 0.25) is 0 Å². The average Bonchev–Trinajstić information content (AvgIpc) is 2.45. The highest BCUT2D eigenvalue weighted by Gasteiger charge is 2.53. The number of esters is 1. The molecular formula is C6H5Cl3O5. The fourth-order valence-corrected chi connectivity index (χ4v) is 1.36. The number of hydrogen-bond donors (Lipinski definition) is 0. The van der Waals surface area contributed by atoms with E-state index in [1.807, 2.05) is 0 Å². The minimum Gasteiger partial charge on any atom is -0.466 e. The highest BCUT2D eigenvalue weighted by Crippen LogP contribution is 2.38. The Morgan fingerprint density at radius 3 is 2.43 bits per heavy atom. The molecule has 0 amide bonds. The number of rotatable bonds is 1. The Morgan fingerprint density at radius 1 is 1.43 bits per heavy atom. The van der Waals surface area contributed by atoms with E-state index >= 15 is 0 Å². The van der Waals surface area contributed by atoms with E-state index in [0.717, 1.165) is 7.11 Å². The molecular weight excluding hydrogens is 258 g/mol. The largest absolute Gasteiger partial charge is 0.509 e. The van der Waals surface area contributed by atoms with Crippen molar-refractivity contribution in [1.29, 1.82) is 0 Å². The van der Waals surface area contributed by atoms with Crippen molar-refractivity contribution in [3.8, 4) is 0 Å². The van der Waals surface area contributed by atoms with Crippen molar-refractivity contribution in [2.24, 2.45) is 0 Å². The SMILES string of the molecule is COC(=O)[C@@H]1OC(=O)O[C@H]1C(Cl)(Cl)Cl. The Kier molecular flexibility index (Phi) is 3.34. The predicted octanol–water partition coefficient (Wildman–Crippen LogP) is 1.43. The summed E-state index contributed by atoms with van der Waals surface area (Å²) in [4.78, 5) is 21.8. The number of alkyl halides is 3. The van der Waals surface area contributed by atoms with Crippen LogP contribution >= 0.6 is 34.8 Å². The second-order valence-corrected chi connectivity index (χ2v) is 4.76. The van der Waals surface area contributed by atoms with Crippen molar-refractivity contribution in [1.82, 2.24) is 0 Å². The summed E-state index contributed by atoms with van der Waals surface area (Å²) in [6.07, 6.45) is -3.72. The minimum atomic E-state index is -1.94. The molecule has 0 N–H and O–H groups in total. The number of carbonyl (C=O) groups is 2. The van der Waals surface area contributed by atoms with E-state index in [9.17, 15) is 9.59 Å². The van der Waals surface area contributed by atoms with Gasteiger partial charge in [-0.1, -0.05) is 34.8 Å². The summed E-state index contributed by atoms with van der Waals surface area (Å²) in [6.45, 7) is 0. The summed E-state index contributed by atoms with van der Waals surface area (Å²) >= 11 is 16.4. The van der Waals surface area contributed by atoms with E-state index in [0.29, 0.717) is 0 Å². The van der Waals surface area contributed by atoms with Gasteiger partial charge in [0.15, 0.2) is 6.10 Å². The zero-order valence-corrected chi connectivity index (χ0v) is 9.10. The molecule has 0 aliphatic carbocycles. The van der Waals surface area contributed by atoms with Crippen LogP contribution in [0.25, 0.3) is 0 Å². The zero-order valence-electron chi connectivity index (χ0n) is 6.83. The molecule has 8 heteroatoms. The van der Waals surface area contributed by atoms with Gasteiger partial charge in [-0.15, -0.1) is 0 Å². The summed E-state index contributed by atoms with van der Waals surface area (Å²) in [5.41, 5.74) is 0. The van der Waals surface area contributed by atoms with Crippen molar-refractivity contribution < 1.29 is 23.8 Å². The molecule has 0 unspecified atom stereocenters. The van der Waals surface area contributed by atoms with Crippen LogP contribution in [0.1, 0.15) is 0 Å². The topological polar surface area (TPSA) is 61.8 Å². The minimum absolute atomic E-state index is 0.841. The molecule has 1 heterocycles. The molecule has 14 heavy (non-hydrogen) atoms. The molecule has 0 aromatic carbocycles. The highest BCUT2D eigenvalue weighted by atomic mass is 35.6. The number of carbonyl (C=O) groups excluding carboxylic acids is 2. The molecule has 1 aliphatic heterocycles. The normalized spacial score (nSPS) is 26.7. The highest BCUT2D eigenvalue weighted by molar-refractivity contribution is 6.68. The molecule has 0 saturated carbocycles. The first-order chi connectivity index (χ1) is 6.36. The van der Waals surface area contributed by atoms with Gasteiger partial charge in [-0.05, 0) is 0 Å². The molecule has 1 saturated heterocycles. The number of cyclic esters (lactones) is 2. The lowest BCUT2D eigenvalue weighted by Crippen LogP contribution is -2.40. The standard InChI is InChI=1S/C6H5Cl3O5/c1-12-4(10)2-3(6(7,8)9)14-5(11)13-2/h2-3H,1H3/t2-,3-/m1/s1. The van der Waals surface area contributed by atoms with Crippen molar-refractivity contribution in [2.45, 2.75) is 16.0 Å². The van der Waals surface area contributed by atoms with Gasteiger partial charge in [-0.25, -0.2) is 9.59 Å². The number of ether oxygens (including phenoxy) is 3. The predicted molar refractivity (Wildman–Crippen MR) is 47.4 cm³/mol. The van der Waals surface area contributed by atoms with Crippen LogP contribution in [0.5, 0.6) is 0 Å². The molecule has 2 atom stereocenters. The summed E-state index contributed by atoms with van der Waals surface area (Å²) in [7, 11) is 1.12. The Labute approximate surface area is 94.1 Å². The van der Waals surface area contributed by atoms with Crippen LogP contribution < -0.4 is 0 Å². The van der Waals surface area contributed by atoms with Gasteiger partial charge in [0.25, 0.3) is 0 Å². The quantitative estimate of drug-likeness (QED) is 0.529. The number of methoxy groups -OCH3 is 1. The zero-order chi connectivity index (χ0) is 10.9. The maximum atomic E-state index is 11.1. The van der Waals surface area contributed by atoms with Gasteiger partial charge in [-0.2, -0.15) is 0 Å². The van der Waals surface area contributed by atoms with Gasteiger partial charge >= 0.3 is 12.1 Å². The number of hydrogen-bond acceptors (Lipinski definition) is 5. The Bertz CT molecular complexity index is 261.